The molecule has 1 rings (SSSR count). The van der Waals surface area contributed by atoms with Gasteiger partial charge in [-0.2, -0.15) is 0 Å². The van der Waals surface area contributed by atoms with Crippen LogP contribution in [0.1, 0.15) is 65.4 Å². The normalized spacial score (nSPS) is 10.9. The molecule has 0 fully saturated rings. The fourth-order valence-electron chi connectivity index (χ4n) is 2.46. The fraction of sp³-hybridized carbons (Fsp3) is 0.765. The molecule has 0 spiro atoms. The molecule has 0 unspecified atom stereocenters. The molecule has 1 heterocycles. The van der Waals surface area contributed by atoms with Crippen molar-refractivity contribution in [3.05, 3.63) is 11.9 Å². The summed E-state index contributed by atoms with van der Waals surface area (Å²) in [5.74, 6) is 2.79. The van der Waals surface area contributed by atoms with Gasteiger partial charge in [0.05, 0.1) is 0 Å². The van der Waals surface area contributed by atoms with Crippen molar-refractivity contribution in [3.63, 3.8) is 0 Å². The van der Waals surface area contributed by atoms with Gasteiger partial charge in [-0.25, -0.2) is 9.97 Å². The van der Waals surface area contributed by atoms with Crippen LogP contribution in [-0.4, -0.2) is 23.1 Å². The van der Waals surface area contributed by atoms with Crippen LogP contribution in [0.2, 0.25) is 0 Å². The van der Waals surface area contributed by atoms with Crippen molar-refractivity contribution < 1.29 is 0 Å². The molecule has 4 heteroatoms. The summed E-state index contributed by atoms with van der Waals surface area (Å²) in [6.07, 6.45) is 9.14. The van der Waals surface area contributed by atoms with Gasteiger partial charge in [0.2, 0.25) is 0 Å². The highest BCUT2D eigenvalue weighted by Gasteiger charge is 2.08. The van der Waals surface area contributed by atoms with Gasteiger partial charge in [-0.1, -0.05) is 46.5 Å². The summed E-state index contributed by atoms with van der Waals surface area (Å²) in [6.45, 7) is 10.7. The van der Waals surface area contributed by atoms with Gasteiger partial charge >= 0.3 is 0 Å². The Hall–Kier alpha value is -1.32. The molecule has 1 aromatic heterocycles. The van der Waals surface area contributed by atoms with E-state index in [-0.39, 0.29) is 0 Å². The van der Waals surface area contributed by atoms with Crippen molar-refractivity contribution in [3.8, 4) is 0 Å². The highest BCUT2D eigenvalue weighted by atomic mass is 15.1. The molecule has 0 aliphatic carbocycles. The lowest BCUT2D eigenvalue weighted by molar-refractivity contribution is 0.523. The first-order valence-corrected chi connectivity index (χ1v) is 8.50. The molecule has 0 atom stereocenters. The Morgan fingerprint density at radius 2 is 1.62 bits per heavy atom. The van der Waals surface area contributed by atoms with Gasteiger partial charge in [-0.3, -0.25) is 0 Å². The Labute approximate surface area is 130 Å². The summed E-state index contributed by atoms with van der Waals surface area (Å²) in [5, 5.41) is 6.78. The first kappa shape index (κ1) is 17.7. The van der Waals surface area contributed by atoms with Gasteiger partial charge in [-0.05, 0) is 25.7 Å². The maximum Gasteiger partial charge on any atom is 0.134 e. The van der Waals surface area contributed by atoms with Crippen LogP contribution in [-0.2, 0) is 6.42 Å². The summed E-state index contributed by atoms with van der Waals surface area (Å²) >= 11 is 0. The van der Waals surface area contributed by atoms with E-state index in [2.05, 4.69) is 48.3 Å². The van der Waals surface area contributed by atoms with Crippen molar-refractivity contribution >= 4 is 11.6 Å². The number of anilines is 2. The maximum absolute atomic E-state index is 4.39. The quantitative estimate of drug-likeness (QED) is 0.590. The minimum Gasteiger partial charge on any atom is -0.370 e. The predicted octanol–water partition coefficient (Wildman–Crippen LogP) is 4.49. The summed E-state index contributed by atoms with van der Waals surface area (Å²) in [5.41, 5.74) is 1.19. The van der Waals surface area contributed by atoms with Crippen molar-refractivity contribution in [2.24, 2.45) is 5.92 Å². The van der Waals surface area contributed by atoms with Crippen LogP contribution in [0.25, 0.3) is 0 Å². The first-order valence-electron chi connectivity index (χ1n) is 8.50. The van der Waals surface area contributed by atoms with E-state index in [9.17, 15) is 0 Å². The Bertz CT molecular complexity index is 390. The molecule has 0 aromatic carbocycles. The van der Waals surface area contributed by atoms with Crippen LogP contribution in [0.3, 0.4) is 0 Å². The number of hydrogen-bond acceptors (Lipinski definition) is 4. The lowest BCUT2D eigenvalue weighted by atomic mass is 10.0. The van der Waals surface area contributed by atoms with E-state index < -0.39 is 0 Å². The molecule has 2 N–H and O–H groups in total. The molecular formula is C17H32N4. The van der Waals surface area contributed by atoms with Gasteiger partial charge in [0.25, 0.3) is 0 Å². The monoisotopic (exact) mass is 292 g/mol. The smallest absolute Gasteiger partial charge is 0.134 e. The SMILES string of the molecule is CCNc1ncnc(NCCCCCCC(C)C)c1CC. The largest absolute Gasteiger partial charge is 0.370 e. The van der Waals surface area contributed by atoms with Gasteiger partial charge in [-0.15, -0.1) is 0 Å². The topological polar surface area (TPSA) is 49.8 Å². The lowest BCUT2D eigenvalue weighted by Gasteiger charge is -2.13. The average molecular weight is 292 g/mol. The number of rotatable bonds is 11. The zero-order chi connectivity index (χ0) is 15.5. The second-order valence-corrected chi connectivity index (χ2v) is 5.96. The summed E-state index contributed by atoms with van der Waals surface area (Å²) in [7, 11) is 0. The molecule has 120 valence electrons. The molecule has 0 bridgehead atoms. The third-order valence-corrected chi connectivity index (χ3v) is 3.64. The van der Waals surface area contributed by atoms with Crippen molar-refractivity contribution in [2.45, 2.75) is 66.2 Å². The van der Waals surface area contributed by atoms with E-state index >= 15 is 0 Å². The Balaban J connectivity index is 2.33. The number of hydrogen-bond donors (Lipinski definition) is 2. The average Bonchev–Trinajstić information content (AvgIpc) is 2.46. The van der Waals surface area contributed by atoms with E-state index in [0.717, 1.165) is 37.1 Å². The summed E-state index contributed by atoms with van der Waals surface area (Å²) < 4.78 is 0. The predicted molar refractivity (Wildman–Crippen MR) is 92.0 cm³/mol. The molecule has 21 heavy (non-hydrogen) atoms. The minimum atomic E-state index is 0.834. The molecule has 0 aliphatic rings. The van der Waals surface area contributed by atoms with Crippen LogP contribution in [0.5, 0.6) is 0 Å². The molecule has 0 saturated carbocycles. The van der Waals surface area contributed by atoms with Crippen molar-refractivity contribution in [1.82, 2.24) is 9.97 Å². The van der Waals surface area contributed by atoms with E-state index in [0.29, 0.717) is 0 Å². The van der Waals surface area contributed by atoms with Gasteiger partial charge in [0, 0.05) is 18.7 Å². The lowest BCUT2D eigenvalue weighted by Crippen LogP contribution is -2.10. The molecule has 0 saturated heterocycles. The second-order valence-electron chi connectivity index (χ2n) is 5.96. The Morgan fingerprint density at radius 1 is 0.952 bits per heavy atom. The van der Waals surface area contributed by atoms with Crippen molar-refractivity contribution in [1.29, 1.82) is 0 Å². The molecule has 0 radical (unpaired) electrons. The zero-order valence-electron chi connectivity index (χ0n) is 14.2. The minimum absolute atomic E-state index is 0.834. The van der Waals surface area contributed by atoms with E-state index in [1.165, 1.54) is 37.7 Å². The number of nitrogens with zero attached hydrogens (tertiary/aromatic N) is 2. The fourth-order valence-corrected chi connectivity index (χ4v) is 2.46. The first-order chi connectivity index (χ1) is 10.2. The van der Waals surface area contributed by atoms with E-state index in [1.807, 2.05) is 0 Å². The van der Waals surface area contributed by atoms with Gasteiger partial charge in [0.1, 0.15) is 18.0 Å². The Kier molecular flexibility index (Phi) is 8.79. The number of nitrogens with one attached hydrogen (secondary N) is 2. The molecule has 4 nitrogen and oxygen atoms in total. The van der Waals surface area contributed by atoms with Gasteiger partial charge in [0.15, 0.2) is 0 Å². The second kappa shape index (κ2) is 10.4. The third kappa shape index (κ3) is 6.78. The summed E-state index contributed by atoms with van der Waals surface area (Å²) in [6, 6.07) is 0. The van der Waals surface area contributed by atoms with Crippen LogP contribution < -0.4 is 10.6 Å². The highest BCUT2D eigenvalue weighted by Crippen LogP contribution is 2.20. The van der Waals surface area contributed by atoms with E-state index in [4.69, 9.17) is 0 Å². The molecule has 0 amide bonds. The van der Waals surface area contributed by atoms with Crippen LogP contribution in [0.15, 0.2) is 6.33 Å². The standard InChI is InChI=1S/C17H32N4/c1-5-15-16(18-6-2)20-13-21-17(15)19-12-10-8-7-9-11-14(3)4/h13-14H,5-12H2,1-4H3,(H2,18,19,20,21). The number of unbranched alkanes of at least 4 members (excludes halogenated alkanes) is 3. The zero-order valence-corrected chi connectivity index (χ0v) is 14.2. The highest BCUT2D eigenvalue weighted by molar-refractivity contribution is 5.57. The van der Waals surface area contributed by atoms with Crippen LogP contribution in [0.4, 0.5) is 11.6 Å². The molecule has 1 aromatic rings. The molecular weight excluding hydrogens is 260 g/mol. The maximum atomic E-state index is 4.39. The van der Waals surface area contributed by atoms with Crippen LogP contribution in [0, 0.1) is 5.92 Å². The summed E-state index contributed by atoms with van der Waals surface area (Å²) in [4.78, 5) is 8.71. The number of aromatic nitrogens is 2. The van der Waals surface area contributed by atoms with Crippen LogP contribution >= 0.6 is 0 Å². The molecule has 0 aliphatic heterocycles. The third-order valence-electron chi connectivity index (χ3n) is 3.64. The van der Waals surface area contributed by atoms with Crippen molar-refractivity contribution in [2.75, 3.05) is 23.7 Å². The Morgan fingerprint density at radius 3 is 2.24 bits per heavy atom. The van der Waals surface area contributed by atoms with E-state index in [1.54, 1.807) is 6.33 Å². The van der Waals surface area contributed by atoms with Gasteiger partial charge < -0.3 is 10.6 Å².